The Labute approximate surface area is 86.8 Å². The molecule has 0 aromatic heterocycles. The molecule has 0 amide bonds. The van der Waals surface area contributed by atoms with E-state index < -0.39 is 0 Å². The summed E-state index contributed by atoms with van der Waals surface area (Å²) in [5.74, 6) is 1.61. The number of nitrogens with two attached hydrogens (primary N) is 1. The highest BCUT2D eigenvalue weighted by molar-refractivity contribution is 4.86. The zero-order valence-electron chi connectivity index (χ0n) is 8.97. The highest BCUT2D eigenvalue weighted by Crippen LogP contribution is 2.24. The summed E-state index contributed by atoms with van der Waals surface area (Å²) >= 11 is 0. The molecule has 0 radical (unpaired) electrons. The van der Waals surface area contributed by atoms with Crippen LogP contribution in [0.2, 0.25) is 0 Å². The summed E-state index contributed by atoms with van der Waals surface area (Å²) in [4.78, 5) is 0. The van der Waals surface area contributed by atoms with E-state index in [1.54, 1.807) is 0 Å². The minimum atomic E-state index is 0.727. The maximum Gasteiger partial charge on any atom is 0.0111 e. The van der Waals surface area contributed by atoms with E-state index in [0.717, 1.165) is 24.4 Å². The van der Waals surface area contributed by atoms with E-state index in [1.807, 2.05) is 0 Å². The molecule has 0 aromatic rings. The number of hydrogen-bond donors (Lipinski definition) is 3. The molecule has 2 rings (SSSR count). The molecule has 4 N–H and O–H groups in total. The van der Waals surface area contributed by atoms with Gasteiger partial charge in [-0.2, -0.15) is 0 Å². The topological polar surface area (TPSA) is 50.1 Å². The Kier molecular flexibility index (Phi) is 3.79. The number of rotatable bonds is 2. The second kappa shape index (κ2) is 5.10. The second-order valence-corrected chi connectivity index (χ2v) is 4.79. The largest absolute Gasteiger partial charge is 0.330 e. The van der Waals surface area contributed by atoms with Crippen LogP contribution in [0.25, 0.3) is 0 Å². The Morgan fingerprint density at radius 2 is 2.14 bits per heavy atom. The molecule has 2 aliphatic rings. The first kappa shape index (κ1) is 10.4. The molecule has 3 nitrogen and oxygen atoms in total. The molecule has 0 spiro atoms. The van der Waals surface area contributed by atoms with Crippen molar-refractivity contribution >= 4 is 0 Å². The van der Waals surface area contributed by atoms with Crippen molar-refractivity contribution in [1.82, 2.24) is 10.6 Å². The van der Waals surface area contributed by atoms with Crippen LogP contribution in [0.4, 0.5) is 0 Å². The summed E-state index contributed by atoms with van der Waals surface area (Å²) in [6.45, 7) is 4.46. The van der Waals surface area contributed by atoms with Gasteiger partial charge in [-0.1, -0.05) is 0 Å². The molecule has 3 unspecified atom stereocenters. The van der Waals surface area contributed by atoms with E-state index >= 15 is 0 Å². The highest BCUT2D eigenvalue weighted by atomic mass is 15.0. The minimum Gasteiger partial charge on any atom is -0.330 e. The van der Waals surface area contributed by atoms with Gasteiger partial charge in [0.1, 0.15) is 0 Å². The van der Waals surface area contributed by atoms with Gasteiger partial charge in [-0.05, 0) is 63.7 Å². The SMILES string of the molecule is NCC1CCNC(C2CCCNC2)C1. The minimum absolute atomic E-state index is 0.727. The fourth-order valence-corrected chi connectivity index (χ4v) is 2.83. The van der Waals surface area contributed by atoms with Gasteiger partial charge in [-0.15, -0.1) is 0 Å². The van der Waals surface area contributed by atoms with Crippen LogP contribution in [0.15, 0.2) is 0 Å². The molecule has 0 aromatic carbocycles. The Hall–Kier alpha value is -0.120. The molecule has 82 valence electrons. The molecular formula is C11H23N3. The fourth-order valence-electron chi connectivity index (χ4n) is 2.83. The van der Waals surface area contributed by atoms with Gasteiger partial charge in [0, 0.05) is 6.04 Å². The van der Waals surface area contributed by atoms with Gasteiger partial charge >= 0.3 is 0 Å². The third-order valence-corrected chi connectivity index (χ3v) is 3.78. The van der Waals surface area contributed by atoms with Crippen LogP contribution in [-0.2, 0) is 0 Å². The lowest BCUT2D eigenvalue weighted by Gasteiger charge is -2.37. The van der Waals surface area contributed by atoms with Gasteiger partial charge in [0.05, 0.1) is 0 Å². The average Bonchev–Trinajstić information content (AvgIpc) is 2.30. The third-order valence-electron chi connectivity index (χ3n) is 3.78. The fraction of sp³-hybridized carbons (Fsp3) is 1.00. The molecule has 2 fully saturated rings. The lowest BCUT2D eigenvalue weighted by molar-refractivity contribution is 0.209. The smallest absolute Gasteiger partial charge is 0.0111 e. The van der Waals surface area contributed by atoms with Gasteiger partial charge in [0.2, 0.25) is 0 Å². The van der Waals surface area contributed by atoms with E-state index in [1.165, 1.54) is 45.3 Å². The van der Waals surface area contributed by atoms with Crippen LogP contribution in [0.5, 0.6) is 0 Å². The van der Waals surface area contributed by atoms with Gasteiger partial charge in [-0.3, -0.25) is 0 Å². The first-order chi connectivity index (χ1) is 6.90. The lowest BCUT2D eigenvalue weighted by atomic mass is 9.82. The molecule has 0 aliphatic carbocycles. The maximum absolute atomic E-state index is 5.75. The van der Waals surface area contributed by atoms with Crippen LogP contribution in [-0.4, -0.2) is 32.2 Å². The van der Waals surface area contributed by atoms with Gasteiger partial charge in [0.25, 0.3) is 0 Å². The number of nitrogens with one attached hydrogen (secondary N) is 2. The summed E-state index contributed by atoms with van der Waals surface area (Å²) in [6.07, 6.45) is 5.30. The van der Waals surface area contributed by atoms with Crippen LogP contribution in [0, 0.1) is 11.8 Å². The van der Waals surface area contributed by atoms with E-state index in [2.05, 4.69) is 10.6 Å². The summed E-state index contributed by atoms with van der Waals surface area (Å²) in [7, 11) is 0. The van der Waals surface area contributed by atoms with Crippen molar-refractivity contribution in [3.63, 3.8) is 0 Å². The molecule has 0 saturated carbocycles. The average molecular weight is 197 g/mol. The Morgan fingerprint density at radius 3 is 2.86 bits per heavy atom. The zero-order chi connectivity index (χ0) is 9.80. The molecular weight excluding hydrogens is 174 g/mol. The molecule has 14 heavy (non-hydrogen) atoms. The number of piperidine rings is 2. The number of hydrogen-bond acceptors (Lipinski definition) is 3. The first-order valence-electron chi connectivity index (χ1n) is 6.04. The Balaban J connectivity index is 1.83. The van der Waals surface area contributed by atoms with Crippen molar-refractivity contribution in [3.8, 4) is 0 Å². The summed E-state index contributed by atoms with van der Waals surface area (Å²) in [5, 5.41) is 7.15. The van der Waals surface area contributed by atoms with Crippen molar-refractivity contribution in [2.24, 2.45) is 17.6 Å². The van der Waals surface area contributed by atoms with E-state index in [9.17, 15) is 0 Å². The monoisotopic (exact) mass is 197 g/mol. The van der Waals surface area contributed by atoms with Crippen LogP contribution in [0.1, 0.15) is 25.7 Å². The van der Waals surface area contributed by atoms with Crippen LogP contribution < -0.4 is 16.4 Å². The normalized spacial score (nSPS) is 39.6. The van der Waals surface area contributed by atoms with Crippen molar-refractivity contribution in [2.75, 3.05) is 26.2 Å². The highest BCUT2D eigenvalue weighted by Gasteiger charge is 2.28. The van der Waals surface area contributed by atoms with E-state index in [-0.39, 0.29) is 0 Å². The summed E-state index contributed by atoms with van der Waals surface area (Å²) in [6, 6.07) is 0.727. The third kappa shape index (κ3) is 2.47. The predicted octanol–water partition coefficient (Wildman–Crippen LogP) is 0.313. The van der Waals surface area contributed by atoms with E-state index in [0.29, 0.717) is 0 Å². The molecule has 2 aliphatic heterocycles. The van der Waals surface area contributed by atoms with Gasteiger partial charge in [0.15, 0.2) is 0 Å². The zero-order valence-corrected chi connectivity index (χ0v) is 8.97. The maximum atomic E-state index is 5.75. The molecule has 2 heterocycles. The van der Waals surface area contributed by atoms with E-state index in [4.69, 9.17) is 5.73 Å². The van der Waals surface area contributed by atoms with Crippen LogP contribution >= 0.6 is 0 Å². The molecule has 0 bridgehead atoms. The van der Waals surface area contributed by atoms with Gasteiger partial charge in [-0.25, -0.2) is 0 Å². The van der Waals surface area contributed by atoms with Crippen molar-refractivity contribution < 1.29 is 0 Å². The Morgan fingerprint density at radius 1 is 1.21 bits per heavy atom. The summed E-state index contributed by atoms with van der Waals surface area (Å²) in [5.41, 5.74) is 5.75. The molecule has 2 saturated heterocycles. The first-order valence-corrected chi connectivity index (χ1v) is 6.04. The van der Waals surface area contributed by atoms with Crippen molar-refractivity contribution in [1.29, 1.82) is 0 Å². The second-order valence-electron chi connectivity index (χ2n) is 4.79. The van der Waals surface area contributed by atoms with Crippen molar-refractivity contribution in [2.45, 2.75) is 31.7 Å². The predicted molar refractivity (Wildman–Crippen MR) is 59.2 cm³/mol. The molecule has 3 heteroatoms. The summed E-state index contributed by atoms with van der Waals surface area (Å²) < 4.78 is 0. The van der Waals surface area contributed by atoms with Gasteiger partial charge < -0.3 is 16.4 Å². The standard InChI is InChI=1S/C11H23N3/c12-7-9-3-5-14-11(6-9)10-2-1-4-13-8-10/h9-11,13-14H,1-8,12H2. The van der Waals surface area contributed by atoms with Crippen LogP contribution in [0.3, 0.4) is 0 Å². The Bertz CT molecular complexity index is 166. The molecule has 3 atom stereocenters. The lowest BCUT2D eigenvalue weighted by Crippen LogP contribution is -2.49. The van der Waals surface area contributed by atoms with Crippen molar-refractivity contribution in [3.05, 3.63) is 0 Å². The quantitative estimate of drug-likeness (QED) is 0.597.